The first kappa shape index (κ1) is 12.0. The van der Waals surface area contributed by atoms with Crippen LogP contribution in [0.25, 0.3) is 0 Å². The van der Waals surface area contributed by atoms with Gasteiger partial charge in [-0.1, -0.05) is 0 Å². The van der Waals surface area contributed by atoms with Crippen LogP contribution in [0, 0.1) is 17.1 Å². The normalized spacial score (nSPS) is 10.9. The minimum Gasteiger partial charge on any atom is -0.366 e. The standard InChI is InChI=1S/C9H4F4N2O/c10-7-2-4(8(15)16)1-6(5(7)3-14)9(11,12)13/h1-2H,(H2,15,16). The minimum atomic E-state index is -4.92. The van der Waals surface area contributed by atoms with Gasteiger partial charge in [0.2, 0.25) is 5.91 Å². The van der Waals surface area contributed by atoms with Gasteiger partial charge in [-0.2, -0.15) is 18.4 Å². The summed E-state index contributed by atoms with van der Waals surface area (Å²) in [4.78, 5) is 10.6. The Morgan fingerprint density at radius 2 is 1.94 bits per heavy atom. The molecule has 0 radical (unpaired) electrons. The fraction of sp³-hybridized carbons (Fsp3) is 0.111. The number of rotatable bonds is 1. The van der Waals surface area contributed by atoms with E-state index in [0.717, 1.165) is 6.07 Å². The zero-order valence-corrected chi connectivity index (χ0v) is 7.60. The number of nitrogens with zero attached hydrogens (tertiary/aromatic N) is 1. The van der Waals surface area contributed by atoms with E-state index < -0.39 is 34.6 Å². The molecule has 0 fully saturated rings. The molecule has 84 valence electrons. The van der Waals surface area contributed by atoms with Gasteiger partial charge in [0.25, 0.3) is 0 Å². The Morgan fingerprint density at radius 1 is 1.38 bits per heavy atom. The highest BCUT2D eigenvalue weighted by molar-refractivity contribution is 5.93. The minimum absolute atomic E-state index is 0.351. The second kappa shape index (κ2) is 3.81. The van der Waals surface area contributed by atoms with Gasteiger partial charge in [0.05, 0.1) is 11.1 Å². The quantitative estimate of drug-likeness (QED) is 0.750. The highest BCUT2D eigenvalue weighted by Gasteiger charge is 2.35. The summed E-state index contributed by atoms with van der Waals surface area (Å²) in [5, 5.41) is 8.39. The van der Waals surface area contributed by atoms with E-state index in [1.165, 1.54) is 0 Å². The lowest BCUT2D eigenvalue weighted by Crippen LogP contribution is -2.16. The summed E-state index contributed by atoms with van der Waals surface area (Å²) in [5.41, 5.74) is 1.43. The number of halogens is 4. The van der Waals surface area contributed by atoms with Crippen LogP contribution in [0.1, 0.15) is 21.5 Å². The number of nitrogens with two attached hydrogens (primary N) is 1. The summed E-state index contributed by atoms with van der Waals surface area (Å²) in [6.07, 6.45) is -4.92. The molecule has 2 N–H and O–H groups in total. The van der Waals surface area contributed by atoms with E-state index in [1.54, 1.807) is 0 Å². The number of carbonyl (C=O) groups is 1. The lowest BCUT2D eigenvalue weighted by Gasteiger charge is -2.10. The number of amides is 1. The molecule has 0 atom stereocenters. The Hall–Kier alpha value is -2.10. The SMILES string of the molecule is N#Cc1c(F)cc(C(N)=O)cc1C(F)(F)F. The Morgan fingerprint density at radius 3 is 2.31 bits per heavy atom. The van der Waals surface area contributed by atoms with Crippen molar-refractivity contribution in [2.45, 2.75) is 6.18 Å². The number of carbonyl (C=O) groups excluding carboxylic acids is 1. The molecule has 1 aromatic rings. The maximum atomic E-state index is 13.1. The topological polar surface area (TPSA) is 66.9 Å². The van der Waals surface area contributed by atoms with Gasteiger partial charge in [-0.3, -0.25) is 4.79 Å². The third kappa shape index (κ3) is 2.11. The maximum absolute atomic E-state index is 13.1. The van der Waals surface area contributed by atoms with Crippen molar-refractivity contribution in [2.24, 2.45) is 5.73 Å². The summed E-state index contributed by atoms with van der Waals surface area (Å²) >= 11 is 0. The monoisotopic (exact) mass is 232 g/mol. The molecule has 0 aromatic heterocycles. The van der Waals surface area contributed by atoms with Crippen molar-refractivity contribution in [1.29, 1.82) is 5.26 Å². The first-order valence-corrected chi connectivity index (χ1v) is 3.88. The summed E-state index contributed by atoms with van der Waals surface area (Å²) in [7, 11) is 0. The first-order valence-electron chi connectivity index (χ1n) is 3.88. The molecule has 0 spiro atoms. The molecule has 1 amide bonds. The lowest BCUT2D eigenvalue weighted by molar-refractivity contribution is -0.138. The van der Waals surface area contributed by atoms with Crippen LogP contribution in [0.15, 0.2) is 12.1 Å². The van der Waals surface area contributed by atoms with Crippen LogP contribution in [0.5, 0.6) is 0 Å². The van der Waals surface area contributed by atoms with Gasteiger partial charge < -0.3 is 5.73 Å². The molecule has 7 heteroatoms. The van der Waals surface area contributed by atoms with Crippen molar-refractivity contribution >= 4 is 5.91 Å². The molecule has 0 heterocycles. The van der Waals surface area contributed by atoms with Crippen molar-refractivity contribution in [2.75, 3.05) is 0 Å². The van der Waals surface area contributed by atoms with Crippen LogP contribution in [0.2, 0.25) is 0 Å². The second-order valence-electron chi connectivity index (χ2n) is 2.85. The van der Waals surface area contributed by atoms with Crippen LogP contribution < -0.4 is 5.73 Å². The van der Waals surface area contributed by atoms with Gasteiger partial charge in [0, 0.05) is 5.56 Å². The molecule has 0 unspecified atom stereocenters. The molecular formula is C9H4F4N2O. The van der Waals surface area contributed by atoms with Crippen LogP contribution in [0.3, 0.4) is 0 Å². The Kier molecular flexibility index (Phi) is 2.85. The molecule has 0 aliphatic carbocycles. The van der Waals surface area contributed by atoms with E-state index >= 15 is 0 Å². The molecule has 0 saturated carbocycles. The molecule has 0 saturated heterocycles. The second-order valence-corrected chi connectivity index (χ2v) is 2.85. The number of alkyl halides is 3. The van der Waals surface area contributed by atoms with Crippen molar-refractivity contribution in [3.8, 4) is 6.07 Å². The Balaban J connectivity index is 3.57. The molecule has 1 rings (SSSR count). The third-order valence-electron chi connectivity index (χ3n) is 1.79. The van der Waals surface area contributed by atoms with Crippen molar-refractivity contribution in [3.05, 3.63) is 34.6 Å². The first-order chi connectivity index (χ1) is 7.27. The summed E-state index contributed by atoms with van der Waals surface area (Å²) in [5.74, 6) is -2.62. The number of primary amides is 1. The molecule has 1 aromatic carbocycles. The van der Waals surface area contributed by atoms with Crippen LogP contribution >= 0.6 is 0 Å². The maximum Gasteiger partial charge on any atom is 0.417 e. The zero-order chi connectivity index (χ0) is 12.5. The molecule has 16 heavy (non-hydrogen) atoms. The van der Waals surface area contributed by atoms with Gasteiger partial charge in [-0.25, -0.2) is 4.39 Å². The molecule has 0 aliphatic heterocycles. The predicted molar refractivity (Wildman–Crippen MR) is 44.6 cm³/mol. The Labute approximate surface area is 87.1 Å². The van der Waals surface area contributed by atoms with Crippen LogP contribution in [-0.2, 0) is 6.18 Å². The largest absolute Gasteiger partial charge is 0.417 e. The number of hydrogen-bond acceptors (Lipinski definition) is 2. The lowest BCUT2D eigenvalue weighted by atomic mass is 10.0. The summed E-state index contributed by atoms with van der Waals surface area (Å²) in [6.45, 7) is 0. The average Bonchev–Trinajstić information content (AvgIpc) is 2.14. The summed E-state index contributed by atoms with van der Waals surface area (Å²) < 4.78 is 50.2. The van der Waals surface area contributed by atoms with E-state index in [0.29, 0.717) is 12.1 Å². The predicted octanol–water partition coefficient (Wildman–Crippen LogP) is 1.82. The van der Waals surface area contributed by atoms with Gasteiger partial charge in [-0.15, -0.1) is 0 Å². The van der Waals surface area contributed by atoms with Gasteiger partial charge in [0.15, 0.2) is 0 Å². The highest BCUT2D eigenvalue weighted by atomic mass is 19.4. The fourth-order valence-corrected chi connectivity index (χ4v) is 1.09. The number of benzene rings is 1. The van der Waals surface area contributed by atoms with Crippen molar-refractivity contribution in [1.82, 2.24) is 0 Å². The smallest absolute Gasteiger partial charge is 0.366 e. The van der Waals surface area contributed by atoms with E-state index in [-0.39, 0.29) is 0 Å². The average molecular weight is 232 g/mol. The molecular weight excluding hydrogens is 228 g/mol. The van der Waals surface area contributed by atoms with Gasteiger partial charge >= 0.3 is 6.18 Å². The summed E-state index contributed by atoms with van der Waals surface area (Å²) in [6, 6.07) is 1.94. The fourth-order valence-electron chi connectivity index (χ4n) is 1.09. The molecule has 0 aliphatic rings. The third-order valence-corrected chi connectivity index (χ3v) is 1.79. The van der Waals surface area contributed by atoms with E-state index in [9.17, 15) is 22.4 Å². The highest BCUT2D eigenvalue weighted by Crippen LogP contribution is 2.33. The van der Waals surface area contributed by atoms with Crippen molar-refractivity contribution in [3.63, 3.8) is 0 Å². The van der Waals surface area contributed by atoms with E-state index in [1.807, 2.05) is 0 Å². The van der Waals surface area contributed by atoms with E-state index in [4.69, 9.17) is 11.0 Å². The van der Waals surface area contributed by atoms with Crippen LogP contribution in [-0.4, -0.2) is 5.91 Å². The zero-order valence-electron chi connectivity index (χ0n) is 7.60. The van der Waals surface area contributed by atoms with Gasteiger partial charge in [-0.05, 0) is 12.1 Å². The number of hydrogen-bond donors (Lipinski definition) is 1. The van der Waals surface area contributed by atoms with Crippen LogP contribution in [0.4, 0.5) is 17.6 Å². The van der Waals surface area contributed by atoms with Gasteiger partial charge in [0.1, 0.15) is 11.9 Å². The number of nitriles is 1. The van der Waals surface area contributed by atoms with E-state index in [2.05, 4.69) is 0 Å². The Bertz CT molecular complexity index is 488. The molecule has 0 bridgehead atoms. The van der Waals surface area contributed by atoms with Crippen molar-refractivity contribution < 1.29 is 22.4 Å². The molecule has 3 nitrogen and oxygen atoms in total.